The summed E-state index contributed by atoms with van der Waals surface area (Å²) >= 11 is 0. The summed E-state index contributed by atoms with van der Waals surface area (Å²) in [6.07, 6.45) is -4.59. The summed E-state index contributed by atoms with van der Waals surface area (Å²) < 4.78 is 44.6. The van der Waals surface area contributed by atoms with Gasteiger partial charge in [0.25, 0.3) is 0 Å². The number of halogens is 3. The van der Waals surface area contributed by atoms with Gasteiger partial charge in [0.1, 0.15) is 5.75 Å². The van der Waals surface area contributed by atoms with Crippen LogP contribution in [0.15, 0.2) is 42.5 Å². The van der Waals surface area contributed by atoms with Crippen LogP contribution in [0.2, 0.25) is 0 Å². The molecule has 0 atom stereocenters. The number of alkyl halides is 3. The van der Waals surface area contributed by atoms with Gasteiger partial charge in [0.05, 0.1) is 24.3 Å². The summed E-state index contributed by atoms with van der Waals surface area (Å²) in [6, 6.07) is 11.8. The monoisotopic (exact) mass is 277 g/mol. The molecule has 0 aliphatic heterocycles. The van der Waals surface area contributed by atoms with E-state index < -0.39 is 17.3 Å². The first-order chi connectivity index (χ1) is 9.47. The lowest BCUT2D eigenvalue weighted by molar-refractivity contribution is -0.137. The summed E-state index contributed by atoms with van der Waals surface area (Å²) in [7, 11) is 1.44. The Bertz CT molecular complexity index is 672. The maximum absolute atomic E-state index is 13.2. The highest BCUT2D eigenvalue weighted by atomic mass is 19.4. The number of hydrogen-bond acceptors (Lipinski definition) is 2. The summed E-state index contributed by atoms with van der Waals surface area (Å²) in [6.45, 7) is 0. The minimum atomic E-state index is -4.59. The molecule has 0 radical (unpaired) electrons. The quantitative estimate of drug-likeness (QED) is 0.822. The third kappa shape index (κ3) is 2.59. The van der Waals surface area contributed by atoms with Crippen LogP contribution in [0.1, 0.15) is 11.1 Å². The maximum Gasteiger partial charge on any atom is 0.418 e. The molecule has 0 fully saturated rings. The molecule has 0 aromatic heterocycles. The topological polar surface area (TPSA) is 33.0 Å². The first kappa shape index (κ1) is 13.9. The standard InChI is InChI=1S/C15H10F3NO/c1-20-12-6-2-4-10(8-12)13-7-3-5-11(9-19)14(13)15(16,17)18/h2-8H,1H3. The van der Waals surface area contributed by atoms with Crippen molar-refractivity contribution in [1.82, 2.24) is 0 Å². The first-order valence-corrected chi connectivity index (χ1v) is 5.72. The third-order valence-electron chi connectivity index (χ3n) is 2.85. The fourth-order valence-corrected chi connectivity index (χ4v) is 1.98. The Morgan fingerprint density at radius 3 is 2.40 bits per heavy atom. The van der Waals surface area contributed by atoms with Crippen LogP contribution in [-0.2, 0) is 6.18 Å². The number of benzene rings is 2. The molecule has 2 aromatic carbocycles. The molecule has 0 unspecified atom stereocenters. The van der Waals surface area contributed by atoms with Crippen molar-refractivity contribution in [3.05, 3.63) is 53.6 Å². The molecule has 0 saturated carbocycles. The lowest BCUT2D eigenvalue weighted by Gasteiger charge is -2.15. The van der Waals surface area contributed by atoms with Crippen molar-refractivity contribution in [2.45, 2.75) is 6.18 Å². The average molecular weight is 277 g/mol. The predicted molar refractivity (Wildman–Crippen MR) is 68.1 cm³/mol. The first-order valence-electron chi connectivity index (χ1n) is 5.72. The number of nitriles is 1. The van der Waals surface area contributed by atoms with Gasteiger partial charge in [0, 0.05) is 0 Å². The molecule has 0 amide bonds. The Morgan fingerprint density at radius 1 is 1.10 bits per heavy atom. The number of methoxy groups -OCH3 is 1. The molecule has 20 heavy (non-hydrogen) atoms. The molecule has 2 rings (SSSR count). The van der Waals surface area contributed by atoms with Gasteiger partial charge in [-0.25, -0.2) is 0 Å². The number of rotatable bonds is 2. The van der Waals surface area contributed by atoms with E-state index in [1.54, 1.807) is 24.3 Å². The molecule has 5 heteroatoms. The highest BCUT2D eigenvalue weighted by Crippen LogP contribution is 2.39. The maximum atomic E-state index is 13.2. The lowest BCUT2D eigenvalue weighted by Crippen LogP contribution is -2.10. The van der Waals surface area contributed by atoms with Crippen molar-refractivity contribution in [3.8, 4) is 22.9 Å². The van der Waals surface area contributed by atoms with Gasteiger partial charge in [-0.3, -0.25) is 0 Å². The van der Waals surface area contributed by atoms with Gasteiger partial charge in [-0.05, 0) is 29.3 Å². The Kier molecular flexibility index (Phi) is 3.66. The highest BCUT2D eigenvalue weighted by Gasteiger charge is 2.36. The molecular weight excluding hydrogens is 267 g/mol. The minimum absolute atomic E-state index is 0.0320. The highest BCUT2D eigenvalue weighted by molar-refractivity contribution is 5.72. The second-order valence-corrected chi connectivity index (χ2v) is 4.07. The SMILES string of the molecule is COc1cccc(-c2cccc(C#N)c2C(F)(F)F)c1. The van der Waals surface area contributed by atoms with E-state index in [0.717, 1.165) is 6.07 Å². The Hall–Kier alpha value is -2.48. The van der Waals surface area contributed by atoms with Gasteiger partial charge in [0.2, 0.25) is 0 Å². The summed E-state index contributed by atoms with van der Waals surface area (Å²) in [5.41, 5.74) is -0.988. The fourth-order valence-electron chi connectivity index (χ4n) is 1.98. The van der Waals surface area contributed by atoms with E-state index in [1.165, 1.54) is 25.3 Å². The summed E-state index contributed by atoms with van der Waals surface area (Å²) in [5, 5.41) is 8.88. The zero-order valence-corrected chi connectivity index (χ0v) is 10.5. The van der Waals surface area contributed by atoms with Crippen LogP contribution in [0.5, 0.6) is 5.75 Å². The van der Waals surface area contributed by atoms with Gasteiger partial charge in [-0.1, -0.05) is 24.3 Å². The molecule has 0 saturated heterocycles. The van der Waals surface area contributed by atoms with Crippen molar-refractivity contribution >= 4 is 0 Å². The van der Waals surface area contributed by atoms with Crippen LogP contribution < -0.4 is 4.74 Å². The Balaban J connectivity index is 2.71. The van der Waals surface area contributed by atoms with Crippen molar-refractivity contribution in [1.29, 1.82) is 5.26 Å². The molecule has 102 valence electrons. The fraction of sp³-hybridized carbons (Fsp3) is 0.133. The van der Waals surface area contributed by atoms with Crippen LogP contribution in [-0.4, -0.2) is 7.11 Å². The zero-order chi connectivity index (χ0) is 14.8. The van der Waals surface area contributed by atoms with Crippen LogP contribution in [0.3, 0.4) is 0 Å². The molecule has 0 aliphatic rings. The van der Waals surface area contributed by atoms with Crippen LogP contribution >= 0.6 is 0 Å². The Labute approximate surface area is 114 Å². The van der Waals surface area contributed by atoms with Crippen LogP contribution in [0.4, 0.5) is 13.2 Å². The number of nitrogens with zero attached hydrogens (tertiary/aromatic N) is 1. The smallest absolute Gasteiger partial charge is 0.418 e. The summed E-state index contributed by atoms with van der Waals surface area (Å²) in [4.78, 5) is 0. The third-order valence-corrected chi connectivity index (χ3v) is 2.85. The molecule has 0 N–H and O–H groups in total. The van der Waals surface area contributed by atoms with Gasteiger partial charge >= 0.3 is 6.18 Å². The van der Waals surface area contributed by atoms with E-state index in [9.17, 15) is 13.2 Å². The second kappa shape index (κ2) is 5.25. The molecular formula is C15H10F3NO. The normalized spacial score (nSPS) is 10.9. The van der Waals surface area contributed by atoms with E-state index in [4.69, 9.17) is 10.00 Å². The average Bonchev–Trinajstić information content (AvgIpc) is 2.45. The van der Waals surface area contributed by atoms with Gasteiger partial charge in [-0.2, -0.15) is 18.4 Å². The zero-order valence-electron chi connectivity index (χ0n) is 10.5. The summed E-state index contributed by atoms with van der Waals surface area (Å²) in [5.74, 6) is 0.456. The predicted octanol–water partition coefficient (Wildman–Crippen LogP) is 4.25. The van der Waals surface area contributed by atoms with Crippen molar-refractivity contribution < 1.29 is 17.9 Å². The minimum Gasteiger partial charge on any atom is -0.497 e. The largest absolute Gasteiger partial charge is 0.497 e. The molecule has 2 aromatic rings. The molecule has 2 nitrogen and oxygen atoms in total. The number of ether oxygens (including phenoxy) is 1. The Morgan fingerprint density at radius 2 is 1.80 bits per heavy atom. The second-order valence-electron chi connectivity index (χ2n) is 4.07. The van der Waals surface area contributed by atoms with E-state index >= 15 is 0 Å². The van der Waals surface area contributed by atoms with E-state index in [1.807, 2.05) is 0 Å². The molecule has 0 heterocycles. The molecule has 0 spiro atoms. The molecule has 0 aliphatic carbocycles. The molecule has 0 bridgehead atoms. The van der Waals surface area contributed by atoms with E-state index in [0.29, 0.717) is 11.3 Å². The van der Waals surface area contributed by atoms with Crippen molar-refractivity contribution in [3.63, 3.8) is 0 Å². The van der Waals surface area contributed by atoms with E-state index in [-0.39, 0.29) is 5.56 Å². The van der Waals surface area contributed by atoms with Gasteiger partial charge in [0.15, 0.2) is 0 Å². The van der Waals surface area contributed by atoms with Crippen LogP contribution in [0, 0.1) is 11.3 Å². The van der Waals surface area contributed by atoms with Crippen molar-refractivity contribution in [2.75, 3.05) is 7.11 Å². The van der Waals surface area contributed by atoms with Gasteiger partial charge < -0.3 is 4.74 Å². The van der Waals surface area contributed by atoms with Gasteiger partial charge in [-0.15, -0.1) is 0 Å². The lowest BCUT2D eigenvalue weighted by atomic mass is 9.95. The van der Waals surface area contributed by atoms with Crippen molar-refractivity contribution in [2.24, 2.45) is 0 Å². The number of hydrogen-bond donors (Lipinski definition) is 0. The van der Waals surface area contributed by atoms with E-state index in [2.05, 4.69) is 0 Å². The van der Waals surface area contributed by atoms with Crippen LogP contribution in [0.25, 0.3) is 11.1 Å².